The predicted octanol–water partition coefficient (Wildman–Crippen LogP) is 1.96. The van der Waals surface area contributed by atoms with Crippen molar-refractivity contribution in [1.82, 2.24) is 0 Å². The van der Waals surface area contributed by atoms with Gasteiger partial charge in [-0.1, -0.05) is 0 Å². The number of rotatable bonds is 3. The van der Waals surface area contributed by atoms with Gasteiger partial charge in [0.1, 0.15) is 0 Å². The van der Waals surface area contributed by atoms with Gasteiger partial charge in [0.05, 0.1) is 11.6 Å². The Morgan fingerprint density at radius 1 is 1.62 bits per heavy atom. The van der Waals surface area contributed by atoms with Gasteiger partial charge in [0.2, 0.25) is 5.76 Å². The number of hydrogen-bond acceptors (Lipinski definition) is 4. The molecule has 5 heteroatoms. The lowest BCUT2D eigenvalue weighted by atomic mass is 9.95. The highest BCUT2D eigenvalue weighted by Gasteiger charge is 2.37. The van der Waals surface area contributed by atoms with E-state index in [1.165, 1.54) is 6.07 Å². The van der Waals surface area contributed by atoms with Gasteiger partial charge in [-0.15, -0.1) is 0 Å². The summed E-state index contributed by atoms with van der Waals surface area (Å²) in [5.41, 5.74) is -0.201. The Morgan fingerprint density at radius 2 is 2.38 bits per heavy atom. The largest absolute Gasteiger partial charge is 0.475 e. The molecule has 2 rings (SSSR count). The van der Waals surface area contributed by atoms with Crippen LogP contribution in [0.2, 0.25) is 0 Å². The first-order valence-electron chi connectivity index (χ1n) is 5.24. The molecule has 16 heavy (non-hydrogen) atoms. The van der Waals surface area contributed by atoms with Crippen molar-refractivity contribution in [3.8, 4) is 0 Å². The third-order valence-corrected chi connectivity index (χ3v) is 3.11. The fourth-order valence-electron chi connectivity index (χ4n) is 1.80. The number of aromatic carboxylic acids is 1. The second-order valence-electron chi connectivity index (χ2n) is 4.27. The van der Waals surface area contributed by atoms with E-state index in [0.717, 1.165) is 6.42 Å². The minimum atomic E-state index is -1.06. The molecule has 5 nitrogen and oxygen atoms in total. The minimum Gasteiger partial charge on any atom is -0.475 e. The van der Waals surface area contributed by atoms with Gasteiger partial charge in [0.25, 0.3) is 0 Å². The van der Waals surface area contributed by atoms with Crippen LogP contribution in [0.3, 0.4) is 0 Å². The summed E-state index contributed by atoms with van der Waals surface area (Å²) in [6, 6.07) is 3.06. The summed E-state index contributed by atoms with van der Waals surface area (Å²) in [7, 11) is 0. The lowest BCUT2D eigenvalue weighted by molar-refractivity contribution is 0.0663. The highest BCUT2D eigenvalue weighted by molar-refractivity contribution is 5.84. The molecular weight excluding hydrogens is 210 g/mol. The first-order valence-corrected chi connectivity index (χ1v) is 5.24. The summed E-state index contributed by atoms with van der Waals surface area (Å²) < 4.78 is 10.6. The van der Waals surface area contributed by atoms with Crippen LogP contribution in [0.1, 0.15) is 30.8 Å². The maximum absolute atomic E-state index is 10.6. The van der Waals surface area contributed by atoms with E-state index in [2.05, 4.69) is 5.32 Å². The molecule has 0 bridgehead atoms. The number of hydrogen-bond donors (Lipinski definition) is 2. The number of carboxylic acid groups (broad SMARTS) is 1. The topological polar surface area (TPSA) is 71.7 Å². The Bertz CT molecular complexity index is 400. The highest BCUT2D eigenvalue weighted by Crippen LogP contribution is 2.30. The van der Waals surface area contributed by atoms with E-state index in [4.69, 9.17) is 14.3 Å². The second kappa shape index (κ2) is 3.83. The molecule has 1 aliphatic heterocycles. The molecule has 1 aromatic heterocycles. The third kappa shape index (κ3) is 1.90. The predicted molar refractivity (Wildman–Crippen MR) is 57.7 cm³/mol. The molecule has 0 amide bonds. The fourth-order valence-corrected chi connectivity index (χ4v) is 1.80. The van der Waals surface area contributed by atoms with Crippen molar-refractivity contribution in [2.45, 2.75) is 31.9 Å². The van der Waals surface area contributed by atoms with Crippen LogP contribution >= 0.6 is 0 Å². The lowest BCUT2D eigenvalue weighted by Gasteiger charge is -2.28. The minimum absolute atomic E-state index is 0.0577. The Hall–Kier alpha value is -1.49. The van der Waals surface area contributed by atoms with Gasteiger partial charge in [-0.2, -0.15) is 0 Å². The van der Waals surface area contributed by atoms with Crippen LogP contribution in [0.15, 0.2) is 16.5 Å². The maximum Gasteiger partial charge on any atom is 0.371 e. The van der Waals surface area contributed by atoms with Crippen LogP contribution in [-0.2, 0) is 4.74 Å². The molecule has 2 N–H and O–H groups in total. The number of carboxylic acids is 1. The Labute approximate surface area is 93.4 Å². The smallest absolute Gasteiger partial charge is 0.371 e. The maximum atomic E-state index is 10.6. The molecule has 88 valence electrons. The number of ether oxygens (including phenoxy) is 1. The average Bonchev–Trinajstić information content (AvgIpc) is 2.76. The SMILES string of the molecule is CC1OCCC1(C)Nc1ccc(C(=O)O)o1. The molecule has 1 aliphatic rings. The van der Waals surface area contributed by atoms with E-state index >= 15 is 0 Å². The third-order valence-electron chi connectivity index (χ3n) is 3.11. The standard InChI is InChI=1S/C11H15NO4/c1-7-11(2,5-6-15-7)12-9-4-3-8(16-9)10(13)14/h3-4,7,12H,5-6H2,1-2H3,(H,13,14). The average molecular weight is 225 g/mol. The van der Waals surface area contributed by atoms with Crippen molar-refractivity contribution >= 4 is 11.9 Å². The molecule has 2 heterocycles. The summed E-state index contributed by atoms with van der Waals surface area (Å²) in [5.74, 6) is -0.649. The van der Waals surface area contributed by atoms with Gasteiger partial charge >= 0.3 is 5.97 Å². The Morgan fingerprint density at radius 3 is 2.88 bits per heavy atom. The highest BCUT2D eigenvalue weighted by atomic mass is 16.5. The number of anilines is 1. The molecule has 0 aromatic carbocycles. The van der Waals surface area contributed by atoms with Crippen LogP contribution in [0, 0.1) is 0 Å². The van der Waals surface area contributed by atoms with Gasteiger partial charge in [0.15, 0.2) is 5.88 Å². The van der Waals surface area contributed by atoms with Gasteiger partial charge < -0.3 is 19.6 Å². The monoisotopic (exact) mass is 225 g/mol. The first-order chi connectivity index (χ1) is 7.51. The molecule has 0 radical (unpaired) electrons. The van der Waals surface area contributed by atoms with Crippen LogP contribution < -0.4 is 5.32 Å². The van der Waals surface area contributed by atoms with Gasteiger partial charge in [0, 0.05) is 12.7 Å². The summed E-state index contributed by atoms with van der Waals surface area (Å²) in [5, 5.41) is 11.9. The summed E-state index contributed by atoms with van der Waals surface area (Å²) >= 11 is 0. The molecule has 2 atom stereocenters. The zero-order valence-corrected chi connectivity index (χ0v) is 9.32. The lowest BCUT2D eigenvalue weighted by Crippen LogP contribution is -2.41. The molecule has 0 spiro atoms. The van der Waals surface area contributed by atoms with E-state index in [0.29, 0.717) is 12.5 Å². The van der Waals surface area contributed by atoms with Crippen molar-refractivity contribution in [2.75, 3.05) is 11.9 Å². The number of carbonyl (C=O) groups is 1. The van der Waals surface area contributed by atoms with Crippen molar-refractivity contribution in [1.29, 1.82) is 0 Å². The normalized spacial score (nSPS) is 29.2. The van der Waals surface area contributed by atoms with E-state index in [-0.39, 0.29) is 17.4 Å². The Kier molecular flexibility index (Phi) is 2.63. The second-order valence-corrected chi connectivity index (χ2v) is 4.27. The van der Waals surface area contributed by atoms with E-state index < -0.39 is 5.97 Å². The number of nitrogens with one attached hydrogen (secondary N) is 1. The fraction of sp³-hybridized carbons (Fsp3) is 0.545. The summed E-state index contributed by atoms with van der Waals surface area (Å²) in [6.45, 7) is 4.73. The van der Waals surface area contributed by atoms with E-state index in [9.17, 15) is 4.79 Å². The van der Waals surface area contributed by atoms with Crippen molar-refractivity contribution in [3.05, 3.63) is 17.9 Å². The van der Waals surface area contributed by atoms with Crippen LogP contribution in [-0.4, -0.2) is 29.3 Å². The zero-order chi connectivity index (χ0) is 11.8. The molecule has 1 saturated heterocycles. The van der Waals surface area contributed by atoms with Gasteiger partial charge in [-0.05, 0) is 26.3 Å². The molecular formula is C11H15NO4. The van der Waals surface area contributed by atoms with Crippen molar-refractivity contribution < 1.29 is 19.1 Å². The summed E-state index contributed by atoms with van der Waals surface area (Å²) in [4.78, 5) is 10.6. The van der Waals surface area contributed by atoms with Crippen molar-refractivity contribution in [2.24, 2.45) is 0 Å². The quantitative estimate of drug-likeness (QED) is 0.822. The Balaban J connectivity index is 2.11. The summed E-state index contributed by atoms with van der Waals surface area (Å²) in [6.07, 6.45) is 0.947. The van der Waals surface area contributed by atoms with E-state index in [1.807, 2.05) is 13.8 Å². The van der Waals surface area contributed by atoms with Crippen LogP contribution in [0.25, 0.3) is 0 Å². The van der Waals surface area contributed by atoms with Crippen molar-refractivity contribution in [3.63, 3.8) is 0 Å². The molecule has 0 aliphatic carbocycles. The zero-order valence-electron chi connectivity index (χ0n) is 9.32. The first kappa shape index (κ1) is 11.0. The molecule has 1 aromatic rings. The van der Waals surface area contributed by atoms with Gasteiger partial charge in [-0.25, -0.2) is 4.79 Å². The van der Waals surface area contributed by atoms with E-state index in [1.54, 1.807) is 6.07 Å². The van der Waals surface area contributed by atoms with Crippen LogP contribution in [0.5, 0.6) is 0 Å². The van der Waals surface area contributed by atoms with Gasteiger partial charge in [-0.3, -0.25) is 0 Å². The molecule has 1 fully saturated rings. The number of furan rings is 1. The van der Waals surface area contributed by atoms with Crippen LogP contribution in [0.4, 0.5) is 5.88 Å². The molecule has 2 unspecified atom stereocenters. The molecule has 0 saturated carbocycles.